The minimum atomic E-state index is -0.0836. The van der Waals surface area contributed by atoms with Crippen LogP contribution in [0.4, 0.5) is 0 Å². The van der Waals surface area contributed by atoms with Crippen molar-refractivity contribution in [1.29, 1.82) is 0 Å². The molecule has 0 radical (unpaired) electrons. The van der Waals surface area contributed by atoms with E-state index in [0.717, 1.165) is 49.0 Å². The van der Waals surface area contributed by atoms with E-state index < -0.39 is 0 Å². The quantitative estimate of drug-likeness (QED) is 0.421. The first-order chi connectivity index (χ1) is 13.8. The zero-order chi connectivity index (χ0) is 20.4. The van der Waals surface area contributed by atoms with Crippen molar-refractivity contribution < 1.29 is 9.84 Å². The van der Waals surface area contributed by atoms with Gasteiger partial charge in [-0.1, -0.05) is 45.3 Å². The largest absolute Gasteiger partial charge is 0.393 e. The fraction of sp³-hybridized carbons (Fsp3) is 0.926. The lowest BCUT2D eigenvalue weighted by molar-refractivity contribution is -0.0573. The molecule has 0 aromatic heterocycles. The van der Waals surface area contributed by atoms with Crippen molar-refractivity contribution in [2.45, 2.75) is 110 Å². The zero-order valence-corrected chi connectivity index (χ0v) is 19.4. The molecule has 5 aliphatic rings. The summed E-state index contributed by atoms with van der Waals surface area (Å²) >= 11 is 0. The van der Waals surface area contributed by atoms with Gasteiger partial charge >= 0.3 is 0 Å². The molecule has 2 nitrogen and oxygen atoms in total. The van der Waals surface area contributed by atoms with Gasteiger partial charge in [0.1, 0.15) is 0 Å². The van der Waals surface area contributed by atoms with Gasteiger partial charge in [-0.05, 0) is 105 Å². The predicted molar refractivity (Wildman–Crippen MR) is 119 cm³/mol. The van der Waals surface area contributed by atoms with Crippen LogP contribution in [-0.2, 0) is 4.74 Å². The molecular formula is C27H44O2. The van der Waals surface area contributed by atoms with E-state index in [1.807, 2.05) is 0 Å². The Balaban J connectivity index is 1.29. The number of epoxide rings is 1. The van der Waals surface area contributed by atoms with Crippen LogP contribution in [0.2, 0.25) is 0 Å². The summed E-state index contributed by atoms with van der Waals surface area (Å²) < 4.78 is 5.61. The number of aliphatic hydroxyl groups excluding tert-OH is 1. The molecule has 29 heavy (non-hydrogen) atoms. The van der Waals surface area contributed by atoms with Crippen LogP contribution in [0.25, 0.3) is 0 Å². The molecule has 5 rings (SSSR count). The van der Waals surface area contributed by atoms with Gasteiger partial charge in [0, 0.05) is 0 Å². The maximum absolute atomic E-state index is 10.2. The fourth-order valence-corrected chi connectivity index (χ4v) is 8.88. The summed E-state index contributed by atoms with van der Waals surface area (Å²) in [5.74, 6) is 4.48. The van der Waals surface area contributed by atoms with E-state index >= 15 is 0 Å². The highest BCUT2D eigenvalue weighted by atomic mass is 16.6. The maximum Gasteiger partial charge on any atom is 0.0888 e. The molecule has 0 bridgehead atoms. The van der Waals surface area contributed by atoms with E-state index in [4.69, 9.17) is 4.74 Å². The first-order valence-corrected chi connectivity index (χ1v) is 12.8. The van der Waals surface area contributed by atoms with E-state index in [1.54, 1.807) is 5.57 Å². The lowest BCUT2D eigenvalue weighted by atomic mass is 9.47. The molecule has 2 unspecified atom stereocenters. The Hall–Kier alpha value is -0.340. The third-order valence-corrected chi connectivity index (χ3v) is 10.8. The number of hydrogen-bond acceptors (Lipinski definition) is 2. The lowest BCUT2D eigenvalue weighted by Gasteiger charge is -2.58. The van der Waals surface area contributed by atoms with Crippen LogP contribution >= 0.6 is 0 Å². The predicted octanol–water partition coefficient (Wildman–Crippen LogP) is 6.52. The second-order valence-corrected chi connectivity index (χ2v) is 12.5. The number of aliphatic hydroxyl groups is 1. The summed E-state index contributed by atoms with van der Waals surface area (Å²) in [4.78, 5) is 0. The number of ether oxygens (including phenoxy) is 1. The Labute approximate surface area is 178 Å². The number of hydrogen-bond donors (Lipinski definition) is 1. The second kappa shape index (κ2) is 7.09. The third-order valence-electron chi connectivity index (χ3n) is 10.8. The molecule has 164 valence electrons. The van der Waals surface area contributed by atoms with Crippen molar-refractivity contribution in [3.8, 4) is 0 Å². The average molecular weight is 401 g/mol. The molecule has 9 atom stereocenters. The molecule has 3 saturated carbocycles. The topological polar surface area (TPSA) is 32.8 Å². The molecule has 4 aliphatic carbocycles. The molecular weight excluding hydrogens is 356 g/mol. The molecule has 1 aliphatic heterocycles. The van der Waals surface area contributed by atoms with E-state index in [-0.39, 0.29) is 11.7 Å². The average Bonchev–Trinajstić information content (AvgIpc) is 3.29. The molecule has 0 spiro atoms. The van der Waals surface area contributed by atoms with Crippen LogP contribution in [0.15, 0.2) is 11.6 Å². The van der Waals surface area contributed by atoms with Gasteiger partial charge in [0.15, 0.2) is 0 Å². The minimum absolute atomic E-state index is 0.0836. The van der Waals surface area contributed by atoms with Crippen LogP contribution in [0.5, 0.6) is 0 Å². The summed E-state index contributed by atoms with van der Waals surface area (Å²) in [5.41, 5.74) is 2.79. The molecule has 0 amide bonds. The summed E-state index contributed by atoms with van der Waals surface area (Å²) in [5, 5.41) is 10.2. The Morgan fingerprint density at radius 3 is 2.66 bits per heavy atom. The molecule has 4 fully saturated rings. The van der Waals surface area contributed by atoms with E-state index in [0.29, 0.717) is 10.8 Å². The molecule has 1 saturated heterocycles. The van der Waals surface area contributed by atoms with Crippen molar-refractivity contribution in [2.75, 3.05) is 6.61 Å². The van der Waals surface area contributed by atoms with E-state index in [2.05, 4.69) is 33.8 Å². The zero-order valence-electron chi connectivity index (χ0n) is 19.4. The van der Waals surface area contributed by atoms with Crippen molar-refractivity contribution in [3.05, 3.63) is 11.6 Å². The first-order valence-electron chi connectivity index (χ1n) is 12.8. The van der Waals surface area contributed by atoms with Gasteiger partial charge in [0.25, 0.3) is 0 Å². The standard InChI is InChI=1S/C27H44O2/c1-18(6-5-13-25(2)17-29-25)22-9-10-23-21-8-7-19-16-20(28)11-14-26(19,3)24(21)12-15-27(22,23)4/h7,18,20-24,28H,5-6,8-17H2,1-4H3/t18?,20-,21-,22+,23-,24-,25?,26-,27+/m0/s1. The fourth-order valence-electron chi connectivity index (χ4n) is 8.88. The molecule has 2 heteroatoms. The lowest BCUT2D eigenvalue weighted by Crippen LogP contribution is -2.50. The van der Waals surface area contributed by atoms with Crippen molar-refractivity contribution in [1.82, 2.24) is 0 Å². The highest BCUT2D eigenvalue weighted by Gasteiger charge is 2.59. The Kier molecular flexibility index (Phi) is 5.03. The maximum atomic E-state index is 10.2. The van der Waals surface area contributed by atoms with Gasteiger partial charge in [0.2, 0.25) is 0 Å². The van der Waals surface area contributed by atoms with Gasteiger partial charge in [-0.3, -0.25) is 0 Å². The number of allylic oxidation sites excluding steroid dienone is 1. The van der Waals surface area contributed by atoms with Gasteiger partial charge in [-0.25, -0.2) is 0 Å². The summed E-state index contributed by atoms with van der Waals surface area (Å²) in [6.07, 6.45) is 16.8. The van der Waals surface area contributed by atoms with Crippen molar-refractivity contribution in [2.24, 2.45) is 40.4 Å². The summed E-state index contributed by atoms with van der Waals surface area (Å²) in [6, 6.07) is 0. The van der Waals surface area contributed by atoms with Gasteiger partial charge in [-0.15, -0.1) is 0 Å². The Morgan fingerprint density at radius 2 is 1.90 bits per heavy atom. The van der Waals surface area contributed by atoms with Gasteiger partial charge in [-0.2, -0.15) is 0 Å². The normalized spacial score (nSPS) is 52.2. The van der Waals surface area contributed by atoms with E-state index in [1.165, 1.54) is 57.8 Å². The molecule has 1 N–H and O–H groups in total. The monoisotopic (exact) mass is 400 g/mol. The highest BCUT2D eigenvalue weighted by Crippen LogP contribution is 2.67. The Morgan fingerprint density at radius 1 is 1.10 bits per heavy atom. The summed E-state index contributed by atoms with van der Waals surface area (Å²) in [7, 11) is 0. The Bertz CT molecular complexity index is 663. The van der Waals surface area contributed by atoms with Crippen molar-refractivity contribution >= 4 is 0 Å². The molecule has 1 heterocycles. The van der Waals surface area contributed by atoms with Crippen LogP contribution in [-0.4, -0.2) is 23.4 Å². The highest BCUT2D eigenvalue weighted by molar-refractivity contribution is 5.25. The SMILES string of the molecule is CC(CCCC1(C)CO1)[C@H]1CC[C@H]2[C@@H]3CC=C4C[C@@H](O)CC[C@]4(C)[C@H]3CC[C@]12C. The summed E-state index contributed by atoms with van der Waals surface area (Å²) in [6.45, 7) is 11.1. The van der Waals surface area contributed by atoms with Crippen LogP contribution < -0.4 is 0 Å². The smallest absolute Gasteiger partial charge is 0.0888 e. The van der Waals surface area contributed by atoms with Gasteiger partial charge < -0.3 is 9.84 Å². The van der Waals surface area contributed by atoms with E-state index in [9.17, 15) is 5.11 Å². The molecule has 0 aromatic carbocycles. The third kappa shape index (κ3) is 3.36. The van der Waals surface area contributed by atoms with Crippen LogP contribution in [0.3, 0.4) is 0 Å². The minimum Gasteiger partial charge on any atom is -0.393 e. The number of fused-ring (bicyclic) bond motifs is 5. The second-order valence-electron chi connectivity index (χ2n) is 12.5. The van der Waals surface area contributed by atoms with Crippen LogP contribution in [0, 0.1) is 40.4 Å². The first kappa shape index (κ1) is 20.6. The number of rotatable bonds is 5. The van der Waals surface area contributed by atoms with Gasteiger partial charge in [0.05, 0.1) is 18.3 Å². The molecule has 0 aromatic rings. The van der Waals surface area contributed by atoms with Crippen molar-refractivity contribution in [3.63, 3.8) is 0 Å². The van der Waals surface area contributed by atoms with Crippen LogP contribution in [0.1, 0.15) is 98.3 Å².